The van der Waals surface area contributed by atoms with E-state index in [1.807, 2.05) is 17.9 Å². The first-order valence-electron chi connectivity index (χ1n) is 15.4. The van der Waals surface area contributed by atoms with E-state index in [1.54, 1.807) is 17.0 Å². The van der Waals surface area contributed by atoms with Gasteiger partial charge in [-0.25, -0.2) is 14.4 Å². The van der Waals surface area contributed by atoms with E-state index in [0.29, 0.717) is 49.7 Å². The molecule has 2 aliphatic rings. The Kier molecular flexibility index (Phi) is 8.93. The second-order valence-electron chi connectivity index (χ2n) is 11.4. The second-order valence-corrected chi connectivity index (χ2v) is 11.4. The predicted molar refractivity (Wildman–Crippen MR) is 162 cm³/mol. The number of imidazole rings is 1. The van der Waals surface area contributed by atoms with Crippen LogP contribution in [0.4, 0.5) is 29.1 Å². The highest BCUT2D eigenvalue weighted by Gasteiger charge is 2.38. The molecule has 0 radical (unpaired) electrons. The Morgan fingerprint density at radius 2 is 1.80 bits per heavy atom. The summed E-state index contributed by atoms with van der Waals surface area (Å²) < 4.78 is 56.7. The van der Waals surface area contributed by atoms with Crippen molar-refractivity contribution in [2.45, 2.75) is 38.9 Å². The number of nitrogens with zero attached hydrogens (tertiary/aromatic N) is 7. The number of hydrogen-bond acceptors (Lipinski definition) is 7. The lowest BCUT2D eigenvalue weighted by Gasteiger charge is -2.37. The van der Waals surface area contributed by atoms with E-state index in [1.165, 1.54) is 23.0 Å². The van der Waals surface area contributed by atoms with Crippen molar-refractivity contribution in [3.63, 3.8) is 0 Å². The van der Waals surface area contributed by atoms with Crippen LogP contribution in [0.2, 0.25) is 0 Å². The van der Waals surface area contributed by atoms with Crippen LogP contribution >= 0.6 is 0 Å². The van der Waals surface area contributed by atoms with Gasteiger partial charge in [0.05, 0.1) is 24.0 Å². The maximum Gasteiger partial charge on any atom is 0.435 e. The molecule has 11 nitrogen and oxygen atoms in total. The van der Waals surface area contributed by atoms with Gasteiger partial charge in [0.15, 0.2) is 17.2 Å². The summed E-state index contributed by atoms with van der Waals surface area (Å²) in [4.78, 5) is 38.8. The fourth-order valence-corrected chi connectivity index (χ4v) is 6.16. The minimum absolute atomic E-state index is 0.0490. The van der Waals surface area contributed by atoms with Gasteiger partial charge >= 0.3 is 6.18 Å². The Bertz CT molecular complexity index is 1720. The van der Waals surface area contributed by atoms with Gasteiger partial charge in [-0.15, -0.1) is 0 Å². The van der Waals surface area contributed by atoms with Gasteiger partial charge < -0.3 is 20.4 Å². The van der Waals surface area contributed by atoms with E-state index >= 15 is 0 Å². The van der Waals surface area contributed by atoms with Gasteiger partial charge in [0.1, 0.15) is 6.67 Å². The van der Waals surface area contributed by atoms with Crippen molar-refractivity contribution in [1.82, 2.24) is 39.3 Å². The summed E-state index contributed by atoms with van der Waals surface area (Å²) >= 11 is 0. The SMILES string of the molecule is CCc1cc(Nc2nccn3c(-c4cn(CCF)nc4C(F)(F)F)cnc23)ccc1C(=O)N1CCN(C(=O)C2CCNCC2)CC1. The molecule has 2 N–H and O–H groups in total. The highest BCUT2D eigenvalue weighted by atomic mass is 19.4. The smallest absolute Gasteiger partial charge is 0.339 e. The number of hydrogen-bond donors (Lipinski definition) is 2. The molecule has 15 heteroatoms. The van der Waals surface area contributed by atoms with E-state index in [9.17, 15) is 27.2 Å². The molecule has 2 aliphatic heterocycles. The number of alkyl halides is 4. The highest BCUT2D eigenvalue weighted by Crippen LogP contribution is 2.37. The third-order valence-electron chi connectivity index (χ3n) is 8.59. The number of aryl methyl sites for hydroxylation is 2. The molecule has 2 fully saturated rings. The van der Waals surface area contributed by atoms with Crippen LogP contribution < -0.4 is 10.6 Å². The quantitative estimate of drug-likeness (QED) is 0.278. The van der Waals surface area contributed by atoms with Gasteiger partial charge in [-0.05, 0) is 56.1 Å². The number of nitrogens with one attached hydrogen (secondary N) is 2. The number of benzene rings is 1. The molecule has 244 valence electrons. The maximum absolute atomic E-state index is 13.8. The topological polar surface area (TPSA) is 113 Å². The molecule has 0 saturated carbocycles. The standard InChI is InChI=1S/C31H35F4N9O2/c1-2-20-17-22(3-4-23(20)30(46)42-15-13-41(14-16-42)29(45)21-5-8-36-9-6-21)39-27-28-38-18-25(44(28)12-10-37-27)24-19-43(11-7-32)40-26(24)31(33,34)35/h3-4,10,12,17-19,21,36H,2,5-9,11,13-16H2,1H3,(H,37,39). The number of fused-ring (bicyclic) bond motifs is 1. The molecule has 4 aromatic rings. The lowest BCUT2D eigenvalue weighted by molar-refractivity contribution is -0.141. The van der Waals surface area contributed by atoms with Crippen molar-refractivity contribution in [2.75, 3.05) is 51.3 Å². The first-order valence-corrected chi connectivity index (χ1v) is 15.4. The van der Waals surface area contributed by atoms with Crippen LogP contribution in [0.3, 0.4) is 0 Å². The van der Waals surface area contributed by atoms with Crippen molar-refractivity contribution in [2.24, 2.45) is 5.92 Å². The molecule has 3 aromatic heterocycles. The lowest BCUT2D eigenvalue weighted by Crippen LogP contribution is -2.52. The zero-order valence-electron chi connectivity index (χ0n) is 25.4. The Hall–Kier alpha value is -4.53. The van der Waals surface area contributed by atoms with Gasteiger partial charge in [0.2, 0.25) is 5.91 Å². The number of halogens is 4. The number of piperazine rings is 1. The Labute approximate surface area is 262 Å². The van der Waals surface area contributed by atoms with Crippen molar-refractivity contribution in [3.05, 3.63) is 59.8 Å². The van der Waals surface area contributed by atoms with Gasteiger partial charge in [-0.1, -0.05) is 6.92 Å². The van der Waals surface area contributed by atoms with E-state index in [-0.39, 0.29) is 41.2 Å². The number of anilines is 2. The Morgan fingerprint density at radius 1 is 1.07 bits per heavy atom. The van der Waals surface area contributed by atoms with Crippen molar-refractivity contribution in [1.29, 1.82) is 0 Å². The minimum Gasteiger partial charge on any atom is -0.339 e. The van der Waals surface area contributed by atoms with Gasteiger partial charge in [0, 0.05) is 61.9 Å². The molecule has 2 saturated heterocycles. The number of rotatable bonds is 8. The molecular weight excluding hydrogens is 606 g/mol. The molecular formula is C31H35F4N9O2. The first-order chi connectivity index (χ1) is 22.2. The van der Waals surface area contributed by atoms with Crippen LogP contribution in [0.5, 0.6) is 0 Å². The van der Waals surface area contributed by atoms with Crippen LogP contribution in [0.15, 0.2) is 43.0 Å². The number of carbonyl (C=O) groups excluding carboxylic acids is 2. The molecule has 5 heterocycles. The second kappa shape index (κ2) is 13.1. The zero-order chi connectivity index (χ0) is 32.4. The molecule has 1 aromatic carbocycles. The summed E-state index contributed by atoms with van der Waals surface area (Å²) in [6.45, 7) is 4.46. The highest BCUT2D eigenvalue weighted by molar-refractivity contribution is 5.96. The van der Waals surface area contributed by atoms with E-state index in [2.05, 4.69) is 25.7 Å². The zero-order valence-corrected chi connectivity index (χ0v) is 25.4. The average molecular weight is 642 g/mol. The molecule has 6 rings (SSSR count). The first kappa shape index (κ1) is 31.5. The van der Waals surface area contributed by atoms with Crippen LogP contribution in [0, 0.1) is 5.92 Å². The third kappa shape index (κ3) is 6.28. The number of carbonyl (C=O) groups is 2. The van der Waals surface area contributed by atoms with E-state index < -0.39 is 18.5 Å². The molecule has 46 heavy (non-hydrogen) atoms. The number of amides is 2. The fraction of sp³-hybridized carbons (Fsp3) is 0.452. The summed E-state index contributed by atoms with van der Waals surface area (Å²) in [5.74, 6) is 0.436. The summed E-state index contributed by atoms with van der Waals surface area (Å²) in [5.41, 5.74) is 1.07. The maximum atomic E-state index is 13.8. The Morgan fingerprint density at radius 3 is 2.50 bits per heavy atom. The minimum atomic E-state index is -4.75. The van der Waals surface area contributed by atoms with E-state index in [0.717, 1.165) is 42.4 Å². The molecule has 2 amide bonds. The van der Waals surface area contributed by atoms with Crippen molar-refractivity contribution < 1.29 is 27.2 Å². The van der Waals surface area contributed by atoms with Crippen LogP contribution in [-0.4, -0.2) is 91.7 Å². The molecule has 0 aliphatic carbocycles. The monoisotopic (exact) mass is 641 g/mol. The van der Waals surface area contributed by atoms with Gasteiger partial charge in [0.25, 0.3) is 5.91 Å². The summed E-state index contributed by atoms with van der Waals surface area (Å²) in [6.07, 6.45) is 2.92. The summed E-state index contributed by atoms with van der Waals surface area (Å²) in [5, 5.41) is 10.0. The van der Waals surface area contributed by atoms with E-state index in [4.69, 9.17) is 0 Å². The summed E-state index contributed by atoms with van der Waals surface area (Å²) in [7, 11) is 0. The van der Waals surface area contributed by atoms with Crippen LogP contribution in [0.25, 0.3) is 16.9 Å². The third-order valence-corrected chi connectivity index (χ3v) is 8.59. The predicted octanol–water partition coefficient (Wildman–Crippen LogP) is 4.17. The number of piperidine rings is 1. The largest absolute Gasteiger partial charge is 0.435 e. The lowest BCUT2D eigenvalue weighted by atomic mass is 9.96. The average Bonchev–Trinajstić information content (AvgIpc) is 3.70. The Balaban J connectivity index is 1.18. The fourth-order valence-electron chi connectivity index (χ4n) is 6.16. The van der Waals surface area contributed by atoms with Crippen molar-refractivity contribution >= 4 is 29.0 Å². The van der Waals surface area contributed by atoms with Gasteiger partial charge in [-0.2, -0.15) is 18.3 Å². The molecule has 0 unspecified atom stereocenters. The van der Waals surface area contributed by atoms with Crippen LogP contribution in [-0.2, 0) is 23.9 Å². The summed E-state index contributed by atoms with van der Waals surface area (Å²) in [6, 6.07) is 5.35. The van der Waals surface area contributed by atoms with Crippen LogP contribution in [0.1, 0.15) is 41.4 Å². The van der Waals surface area contributed by atoms with Crippen molar-refractivity contribution in [3.8, 4) is 11.3 Å². The molecule has 0 bridgehead atoms. The molecule has 0 spiro atoms. The normalized spacial score (nSPS) is 16.3. The van der Waals surface area contributed by atoms with Gasteiger partial charge in [-0.3, -0.25) is 18.7 Å². The molecule has 0 atom stereocenters. The number of aromatic nitrogens is 5.